The number of rotatable bonds is 59. The molecule has 0 rings (SSSR count). The first kappa shape index (κ1) is 74.2. The quantitative estimate of drug-likeness (QED) is 0.0326. The van der Waals surface area contributed by atoms with Gasteiger partial charge in [0.1, 0.15) is 0 Å². The molecule has 0 spiro atoms. The number of nitrogens with one attached hydrogen (secondary N) is 3. The van der Waals surface area contributed by atoms with Gasteiger partial charge < -0.3 is 36.2 Å². The fourth-order valence-electron chi connectivity index (χ4n) is 9.57. The van der Waals surface area contributed by atoms with Crippen molar-refractivity contribution in [2.75, 3.05) is 98.4 Å². The summed E-state index contributed by atoms with van der Waals surface area (Å²) in [5, 5.41) is 37.4. The molecule has 442 valence electrons. The van der Waals surface area contributed by atoms with Crippen LogP contribution in [0.2, 0.25) is 0 Å². The lowest BCUT2D eigenvalue weighted by Gasteiger charge is -2.26. The summed E-state index contributed by atoms with van der Waals surface area (Å²) in [7, 11) is 0. The van der Waals surface area contributed by atoms with E-state index in [0.717, 1.165) is 58.4 Å². The van der Waals surface area contributed by atoms with Crippen LogP contribution in [-0.4, -0.2) is 146 Å². The van der Waals surface area contributed by atoms with Gasteiger partial charge in [-0.3, -0.25) is 24.2 Å². The Hall–Kier alpha value is -1.83. The predicted molar refractivity (Wildman–Crippen MR) is 317 cm³/mol. The van der Waals surface area contributed by atoms with Gasteiger partial charge in [0.05, 0.1) is 19.8 Å². The van der Waals surface area contributed by atoms with E-state index in [1.54, 1.807) is 0 Å². The zero-order chi connectivity index (χ0) is 54.5. The molecule has 0 atom stereocenters. The lowest BCUT2D eigenvalue weighted by molar-refractivity contribution is -0.122. The highest BCUT2D eigenvalue weighted by atomic mass is 16.3. The molecule has 0 radical (unpaired) electrons. The summed E-state index contributed by atoms with van der Waals surface area (Å²) < 4.78 is 0. The van der Waals surface area contributed by atoms with E-state index in [9.17, 15) is 29.7 Å². The second-order valence-electron chi connectivity index (χ2n) is 21.7. The van der Waals surface area contributed by atoms with E-state index in [1.165, 1.54) is 212 Å². The number of hydrogen-bond donors (Lipinski definition) is 6. The maximum Gasteiger partial charge on any atom is 0.221 e. The molecule has 6 N–H and O–H groups in total. The van der Waals surface area contributed by atoms with Crippen molar-refractivity contribution < 1.29 is 29.7 Å². The molecule has 74 heavy (non-hydrogen) atoms. The second kappa shape index (κ2) is 63.7. The molecule has 0 aliphatic heterocycles. The van der Waals surface area contributed by atoms with E-state index >= 15 is 0 Å². The molecule has 0 saturated carbocycles. The lowest BCUT2D eigenvalue weighted by atomic mass is 10.1. The van der Waals surface area contributed by atoms with Crippen molar-refractivity contribution in [3.63, 3.8) is 0 Å². The average molecular weight is 1050 g/mol. The number of amides is 3. The van der Waals surface area contributed by atoms with Gasteiger partial charge in [0, 0.05) is 91.3 Å². The fourth-order valence-corrected chi connectivity index (χ4v) is 9.57. The van der Waals surface area contributed by atoms with Gasteiger partial charge in [-0.1, -0.05) is 240 Å². The van der Waals surface area contributed by atoms with Crippen LogP contribution in [0, 0.1) is 0 Å². The standard InChI is InChI=1S/C38H78N4O4.C24H50N2O2/c1-3-5-7-9-11-13-15-17-19-21-23-27-39-37(45)25-29-41(33-35-43)31-32-42(34-36-44)30-26-38(46)40-28-24-22-20-18-16-14-12-10-8-6-4-2;1-3-5-7-9-10-11-12-13-14-15-16-19-25-24(28)18-21-26(22-23-27)20-17-8-6-4-2/h43-44H,3-36H2,1-2H3,(H,39,45)(H,40,46);27H,3-23H2,1-2H3,(H,25,28). The summed E-state index contributed by atoms with van der Waals surface area (Å²) in [6.07, 6.45) is 49.5. The van der Waals surface area contributed by atoms with Crippen molar-refractivity contribution in [1.29, 1.82) is 0 Å². The van der Waals surface area contributed by atoms with Crippen LogP contribution in [0.4, 0.5) is 0 Å². The summed E-state index contributed by atoms with van der Waals surface area (Å²) >= 11 is 0. The largest absolute Gasteiger partial charge is 0.395 e. The molecule has 0 aromatic rings. The maximum atomic E-state index is 12.4. The van der Waals surface area contributed by atoms with Crippen LogP contribution >= 0.6 is 0 Å². The fraction of sp³-hybridized carbons (Fsp3) is 0.952. The highest BCUT2D eigenvalue weighted by Gasteiger charge is 2.13. The molecule has 12 nitrogen and oxygen atoms in total. The normalized spacial score (nSPS) is 11.4. The van der Waals surface area contributed by atoms with E-state index in [2.05, 4.69) is 58.3 Å². The van der Waals surface area contributed by atoms with Crippen molar-refractivity contribution >= 4 is 17.7 Å². The SMILES string of the molecule is CCCCCCCCCCCCCNC(=O)CCN(CCO)CCCCCC.CCCCCCCCCCCCCNC(=O)CCN(CCO)CCN(CCO)CCC(=O)NCCCCCCCCCCCCC. The second-order valence-corrected chi connectivity index (χ2v) is 21.7. The highest BCUT2D eigenvalue weighted by Crippen LogP contribution is 2.14. The minimum atomic E-state index is 0.0435. The van der Waals surface area contributed by atoms with E-state index < -0.39 is 0 Å². The first-order chi connectivity index (χ1) is 36.3. The van der Waals surface area contributed by atoms with Gasteiger partial charge in [-0.25, -0.2) is 0 Å². The van der Waals surface area contributed by atoms with Crippen LogP contribution in [0.25, 0.3) is 0 Å². The van der Waals surface area contributed by atoms with E-state index in [0.29, 0.717) is 65.1 Å². The van der Waals surface area contributed by atoms with Crippen molar-refractivity contribution in [2.24, 2.45) is 0 Å². The Balaban J connectivity index is 0. The smallest absolute Gasteiger partial charge is 0.221 e. The van der Waals surface area contributed by atoms with Crippen LogP contribution in [0.3, 0.4) is 0 Å². The van der Waals surface area contributed by atoms with Crippen LogP contribution in [0.1, 0.15) is 285 Å². The minimum absolute atomic E-state index is 0.0435. The van der Waals surface area contributed by atoms with Gasteiger partial charge >= 0.3 is 0 Å². The monoisotopic (exact) mass is 1050 g/mol. The van der Waals surface area contributed by atoms with Crippen molar-refractivity contribution in [2.45, 2.75) is 285 Å². The molecule has 0 aliphatic carbocycles. The predicted octanol–water partition coefficient (Wildman–Crippen LogP) is 12.9. The first-order valence-electron chi connectivity index (χ1n) is 32.1. The number of aliphatic hydroxyl groups excluding tert-OH is 3. The third-order valence-electron chi connectivity index (χ3n) is 14.6. The number of unbranched alkanes of at least 4 members (excludes halogenated alkanes) is 33. The maximum absolute atomic E-state index is 12.4. The van der Waals surface area contributed by atoms with Crippen molar-refractivity contribution in [1.82, 2.24) is 30.7 Å². The van der Waals surface area contributed by atoms with Crippen molar-refractivity contribution in [3.05, 3.63) is 0 Å². The Bertz CT molecular complexity index is 1080. The Morgan fingerprint density at radius 3 is 0.689 bits per heavy atom. The van der Waals surface area contributed by atoms with Gasteiger partial charge in [0.15, 0.2) is 0 Å². The molecule has 0 saturated heterocycles. The number of nitrogens with zero attached hydrogens (tertiary/aromatic N) is 3. The zero-order valence-electron chi connectivity index (χ0n) is 49.8. The Morgan fingerprint density at radius 2 is 0.459 bits per heavy atom. The number of hydrogen-bond acceptors (Lipinski definition) is 9. The van der Waals surface area contributed by atoms with Crippen LogP contribution < -0.4 is 16.0 Å². The molecule has 0 aromatic carbocycles. The molecule has 0 aromatic heterocycles. The summed E-state index contributed by atoms with van der Waals surface area (Å²) in [4.78, 5) is 43.2. The first-order valence-corrected chi connectivity index (χ1v) is 32.1. The molecule has 0 bridgehead atoms. The molecule has 0 aliphatic rings. The number of carbonyl (C=O) groups is 3. The van der Waals surface area contributed by atoms with Crippen LogP contribution in [0.5, 0.6) is 0 Å². The summed E-state index contributed by atoms with van der Waals surface area (Å²) in [6.45, 7) is 17.6. The third-order valence-corrected chi connectivity index (χ3v) is 14.6. The van der Waals surface area contributed by atoms with Gasteiger partial charge in [0.2, 0.25) is 17.7 Å². The molecule has 3 amide bonds. The summed E-state index contributed by atoms with van der Waals surface area (Å²) in [5.74, 6) is 0.289. The van der Waals surface area contributed by atoms with Crippen LogP contribution in [-0.2, 0) is 14.4 Å². The topological polar surface area (TPSA) is 158 Å². The molecule has 0 heterocycles. The van der Waals surface area contributed by atoms with E-state index in [4.69, 9.17) is 0 Å². The number of carbonyl (C=O) groups excluding carboxylic acids is 3. The lowest BCUT2D eigenvalue weighted by Crippen LogP contribution is -2.40. The van der Waals surface area contributed by atoms with E-state index in [-0.39, 0.29) is 37.5 Å². The third kappa shape index (κ3) is 59.4. The minimum Gasteiger partial charge on any atom is -0.395 e. The Morgan fingerprint density at radius 1 is 0.257 bits per heavy atom. The van der Waals surface area contributed by atoms with Crippen molar-refractivity contribution in [3.8, 4) is 0 Å². The van der Waals surface area contributed by atoms with Gasteiger partial charge in [0.25, 0.3) is 0 Å². The van der Waals surface area contributed by atoms with Gasteiger partial charge in [-0.2, -0.15) is 0 Å². The highest BCUT2D eigenvalue weighted by molar-refractivity contribution is 5.76. The molecule has 0 unspecified atom stereocenters. The summed E-state index contributed by atoms with van der Waals surface area (Å²) in [6, 6.07) is 0. The molecule has 0 fully saturated rings. The molecular weight excluding hydrogens is 925 g/mol. The molecular formula is C62H128N6O6. The van der Waals surface area contributed by atoms with Gasteiger partial charge in [-0.05, 0) is 32.2 Å². The molecule has 12 heteroatoms. The number of aliphatic hydroxyl groups is 3. The Kier molecular flexibility index (Phi) is 63.9. The Labute approximate surface area is 459 Å². The van der Waals surface area contributed by atoms with E-state index in [1.807, 2.05) is 0 Å². The summed E-state index contributed by atoms with van der Waals surface area (Å²) in [5.41, 5.74) is 0. The van der Waals surface area contributed by atoms with Crippen LogP contribution in [0.15, 0.2) is 0 Å². The zero-order valence-corrected chi connectivity index (χ0v) is 49.8. The average Bonchev–Trinajstić information content (AvgIpc) is 3.40. The van der Waals surface area contributed by atoms with Gasteiger partial charge in [-0.15, -0.1) is 0 Å².